The predicted molar refractivity (Wildman–Crippen MR) is 46.3 cm³/mol. The normalized spacial score (nSPS) is 30.4. The highest BCUT2D eigenvalue weighted by atomic mass is 16.1. The summed E-state index contributed by atoms with van der Waals surface area (Å²) in [7, 11) is 0. The Labute approximate surface area is 68.5 Å². The summed E-state index contributed by atoms with van der Waals surface area (Å²) in [5, 5.41) is 0. The molecule has 0 amide bonds. The number of hydrogen-bond acceptors (Lipinski definition) is 1. The highest BCUT2D eigenvalue weighted by Crippen LogP contribution is 2.27. The molecule has 1 heteroatoms. The van der Waals surface area contributed by atoms with Crippen LogP contribution >= 0.6 is 0 Å². The lowest BCUT2D eigenvalue weighted by Gasteiger charge is -2.23. The van der Waals surface area contributed by atoms with Crippen molar-refractivity contribution in [3.8, 4) is 0 Å². The third kappa shape index (κ3) is 2.49. The van der Waals surface area contributed by atoms with Crippen LogP contribution in [0.15, 0.2) is 12.2 Å². The van der Waals surface area contributed by atoms with E-state index in [0.717, 1.165) is 19.3 Å². The summed E-state index contributed by atoms with van der Waals surface area (Å²) in [5.41, 5.74) is 0. The second kappa shape index (κ2) is 3.70. The Morgan fingerprint density at radius 1 is 1.45 bits per heavy atom. The predicted octanol–water partition coefficient (Wildman–Crippen LogP) is 2.57. The molecule has 11 heavy (non-hydrogen) atoms. The quantitative estimate of drug-likeness (QED) is 0.556. The third-order valence-electron chi connectivity index (χ3n) is 2.47. The van der Waals surface area contributed by atoms with E-state index >= 15 is 0 Å². The van der Waals surface area contributed by atoms with Gasteiger partial charge in [0.15, 0.2) is 0 Å². The lowest BCUT2D eigenvalue weighted by atomic mass is 9.81. The fraction of sp³-hybridized carbons (Fsp3) is 0.700. The first kappa shape index (κ1) is 8.51. The van der Waals surface area contributed by atoms with Crippen molar-refractivity contribution >= 4 is 5.78 Å². The lowest BCUT2D eigenvalue weighted by Crippen LogP contribution is -2.16. The summed E-state index contributed by atoms with van der Waals surface area (Å²) in [6.45, 7) is 3.92. The maximum absolute atomic E-state index is 10.8. The second-order valence-corrected chi connectivity index (χ2v) is 3.59. The number of carbonyl (C=O) groups is 1. The van der Waals surface area contributed by atoms with E-state index in [-0.39, 0.29) is 0 Å². The fourth-order valence-corrected chi connectivity index (χ4v) is 1.66. The van der Waals surface area contributed by atoms with Gasteiger partial charge in [-0.1, -0.05) is 19.1 Å². The van der Waals surface area contributed by atoms with Gasteiger partial charge in [-0.15, -0.1) is 0 Å². The average Bonchev–Trinajstić information content (AvgIpc) is 1.93. The van der Waals surface area contributed by atoms with Crippen molar-refractivity contribution in [2.45, 2.75) is 33.1 Å². The summed E-state index contributed by atoms with van der Waals surface area (Å²) in [6, 6.07) is 0. The number of allylic oxidation sites excluding steroid dienone is 2. The summed E-state index contributed by atoms with van der Waals surface area (Å²) < 4.78 is 0. The molecule has 0 aliphatic heterocycles. The molecule has 0 saturated heterocycles. The molecule has 0 aromatic rings. The van der Waals surface area contributed by atoms with Crippen molar-refractivity contribution in [1.82, 2.24) is 0 Å². The molecule has 0 aromatic heterocycles. The van der Waals surface area contributed by atoms with Gasteiger partial charge in [0.1, 0.15) is 5.78 Å². The summed E-state index contributed by atoms with van der Waals surface area (Å²) in [4.78, 5) is 10.8. The van der Waals surface area contributed by atoms with Crippen LogP contribution in [0.5, 0.6) is 0 Å². The van der Waals surface area contributed by atoms with Crippen LogP contribution in [0.4, 0.5) is 0 Å². The zero-order valence-electron chi connectivity index (χ0n) is 7.34. The summed E-state index contributed by atoms with van der Waals surface area (Å²) in [5.74, 6) is 1.64. The molecule has 0 radical (unpaired) electrons. The molecular formula is C10H16O. The van der Waals surface area contributed by atoms with Gasteiger partial charge in [-0.3, -0.25) is 0 Å². The molecule has 0 fully saturated rings. The maximum atomic E-state index is 10.8. The van der Waals surface area contributed by atoms with Gasteiger partial charge in [-0.2, -0.15) is 0 Å². The van der Waals surface area contributed by atoms with E-state index in [0.29, 0.717) is 17.6 Å². The summed E-state index contributed by atoms with van der Waals surface area (Å²) >= 11 is 0. The summed E-state index contributed by atoms with van der Waals surface area (Å²) in [6.07, 6.45) is 7.44. The number of hydrogen-bond donors (Lipinski definition) is 0. The van der Waals surface area contributed by atoms with Crippen molar-refractivity contribution in [1.29, 1.82) is 0 Å². The van der Waals surface area contributed by atoms with Crippen LogP contribution in [-0.4, -0.2) is 5.78 Å². The number of Topliss-reactive ketones (excluding diaryl/α,β-unsaturated/α-hetero) is 1. The van der Waals surface area contributed by atoms with Crippen LogP contribution in [-0.2, 0) is 4.79 Å². The molecule has 1 aliphatic rings. The Bertz CT molecular complexity index is 170. The van der Waals surface area contributed by atoms with Gasteiger partial charge in [0.25, 0.3) is 0 Å². The van der Waals surface area contributed by atoms with E-state index in [1.807, 2.05) is 0 Å². The van der Waals surface area contributed by atoms with E-state index in [9.17, 15) is 4.79 Å². The van der Waals surface area contributed by atoms with E-state index < -0.39 is 0 Å². The Morgan fingerprint density at radius 3 is 2.64 bits per heavy atom. The highest BCUT2D eigenvalue weighted by molar-refractivity contribution is 5.75. The van der Waals surface area contributed by atoms with Crippen LogP contribution in [0.2, 0.25) is 0 Å². The SMILES string of the molecule is CC(=O)CC1CC=CCC1C. The lowest BCUT2D eigenvalue weighted by molar-refractivity contribution is -0.118. The molecule has 62 valence electrons. The van der Waals surface area contributed by atoms with E-state index in [1.54, 1.807) is 6.92 Å². The van der Waals surface area contributed by atoms with Crippen molar-refractivity contribution in [2.75, 3.05) is 0 Å². The van der Waals surface area contributed by atoms with Gasteiger partial charge >= 0.3 is 0 Å². The van der Waals surface area contributed by atoms with E-state index in [4.69, 9.17) is 0 Å². The zero-order valence-corrected chi connectivity index (χ0v) is 7.34. The van der Waals surface area contributed by atoms with E-state index in [1.165, 1.54) is 0 Å². The molecule has 0 heterocycles. The molecule has 1 rings (SSSR count). The molecule has 0 bridgehead atoms. The molecule has 2 unspecified atom stereocenters. The fourth-order valence-electron chi connectivity index (χ4n) is 1.66. The number of rotatable bonds is 2. The van der Waals surface area contributed by atoms with Gasteiger partial charge in [0.2, 0.25) is 0 Å². The number of ketones is 1. The van der Waals surface area contributed by atoms with Crippen molar-refractivity contribution in [3.05, 3.63) is 12.2 Å². The molecule has 1 nitrogen and oxygen atoms in total. The molecule has 1 aliphatic carbocycles. The van der Waals surface area contributed by atoms with Crippen LogP contribution < -0.4 is 0 Å². The largest absolute Gasteiger partial charge is 0.300 e. The van der Waals surface area contributed by atoms with E-state index in [2.05, 4.69) is 19.1 Å². The van der Waals surface area contributed by atoms with Crippen LogP contribution in [0, 0.1) is 11.8 Å². The maximum Gasteiger partial charge on any atom is 0.130 e. The highest BCUT2D eigenvalue weighted by Gasteiger charge is 2.19. The van der Waals surface area contributed by atoms with Gasteiger partial charge in [-0.05, 0) is 31.6 Å². The van der Waals surface area contributed by atoms with Crippen LogP contribution in [0.25, 0.3) is 0 Å². The number of carbonyl (C=O) groups excluding carboxylic acids is 1. The third-order valence-corrected chi connectivity index (χ3v) is 2.47. The minimum atomic E-state index is 0.331. The minimum Gasteiger partial charge on any atom is -0.300 e. The minimum absolute atomic E-state index is 0.331. The second-order valence-electron chi connectivity index (χ2n) is 3.59. The molecule has 0 saturated carbocycles. The van der Waals surface area contributed by atoms with Gasteiger partial charge in [0.05, 0.1) is 0 Å². The molecule has 0 aromatic carbocycles. The van der Waals surface area contributed by atoms with Gasteiger partial charge in [-0.25, -0.2) is 0 Å². The monoisotopic (exact) mass is 152 g/mol. The first-order valence-electron chi connectivity index (χ1n) is 4.34. The van der Waals surface area contributed by atoms with Gasteiger partial charge in [0, 0.05) is 6.42 Å². The first-order valence-corrected chi connectivity index (χ1v) is 4.34. The van der Waals surface area contributed by atoms with Crippen molar-refractivity contribution in [2.24, 2.45) is 11.8 Å². The molecular weight excluding hydrogens is 136 g/mol. The standard InChI is InChI=1S/C10H16O/c1-8-5-3-4-6-10(8)7-9(2)11/h3-4,8,10H,5-7H2,1-2H3. The Balaban J connectivity index is 2.44. The van der Waals surface area contributed by atoms with Gasteiger partial charge < -0.3 is 4.79 Å². The Kier molecular flexibility index (Phi) is 2.86. The first-order chi connectivity index (χ1) is 5.20. The Morgan fingerprint density at radius 2 is 2.09 bits per heavy atom. The van der Waals surface area contributed by atoms with Crippen LogP contribution in [0.3, 0.4) is 0 Å². The zero-order chi connectivity index (χ0) is 8.27. The van der Waals surface area contributed by atoms with Crippen molar-refractivity contribution < 1.29 is 4.79 Å². The van der Waals surface area contributed by atoms with Crippen LogP contribution in [0.1, 0.15) is 33.1 Å². The average molecular weight is 152 g/mol. The topological polar surface area (TPSA) is 17.1 Å². The molecule has 2 atom stereocenters. The molecule has 0 spiro atoms. The molecule has 0 N–H and O–H groups in total. The smallest absolute Gasteiger partial charge is 0.130 e. The van der Waals surface area contributed by atoms with Crippen molar-refractivity contribution in [3.63, 3.8) is 0 Å². The Hall–Kier alpha value is -0.590.